The van der Waals surface area contributed by atoms with Gasteiger partial charge in [0.25, 0.3) is 0 Å². The molecule has 5 N–H and O–H groups in total. The second-order valence-electron chi connectivity index (χ2n) is 7.78. The second kappa shape index (κ2) is 9.45. The lowest BCUT2D eigenvalue weighted by Gasteiger charge is -2.25. The monoisotopic (exact) mass is 455 g/mol. The van der Waals surface area contributed by atoms with E-state index in [0.29, 0.717) is 46.7 Å². The predicted molar refractivity (Wildman–Crippen MR) is 124 cm³/mol. The second-order valence-corrected chi connectivity index (χ2v) is 7.78. The van der Waals surface area contributed by atoms with Gasteiger partial charge >= 0.3 is 6.09 Å². The Morgan fingerprint density at radius 1 is 1.27 bits per heavy atom. The number of benzene rings is 1. The zero-order chi connectivity index (χ0) is 23.5. The van der Waals surface area contributed by atoms with Gasteiger partial charge in [-0.15, -0.1) is 0 Å². The number of carbonyl (C=O) groups excluding carboxylic acids is 1. The molecule has 1 fully saturated rings. The molecule has 1 aromatic carbocycles. The number of fused-ring (bicyclic) bond motifs is 2. The van der Waals surface area contributed by atoms with Crippen LogP contribution >= 0.6 is 0 Å². The maximum Gasteiger partial charge on any atom is 0.413 e. The van der Waals surface area contributed by atoms with Gasteiger partial charge in [0.15, 0.2) is 5.82 Å². The lowest BCUT2D eigenvalue weighted by atomic mass is 9.96. The van der Waals surface area contributed by atoms with Crippen molar-refractivity contribution in [2.24, 2.45) is 0 Å². The summed E-state index contributed by atoms with van der Waals surface area (Å²) in [6.07, 6.45) is 5.28. The Kier molecular flexibility index (Phi) is 6.45. The average molecular weight is 455 g/mol. The molecular formula is C23H26FN5O4. The van der Waals surface area contributed by atoms with Crippen molar-refractivity contribution in [2.45, 2.75) is 32.3 Å². The smallest absolute Gasteiger partial charge is 0.413 e. The van der Waals surface area contributed by atoms with Gasteiger partial charge < -0.3 is 25.6 Å². The number of anilines is 3. The Morgan fingerprint density at radius 3 is 2.79 bits per heavy atom. The zero-order valence-electron chi connectivity index (χ0n) is 18.4. The molecule has 174 valence electrons. The summed E-state index contributed by atoms with van der Waals surface area (Å²) in [6, 6.07) is 3.34. The van der Waals surface area contributed by atoms with Crippen LogP contribution in [-0.4, -0.2) is 47.5 Å². The maximum absolute atomic E-state index is 15.2. The topological polar surface area (TPSA) is 132 Å². The molecule has 2 aromatic heterocycles. The molecule has 10 heteroatoms. The average Bonchev–Trinajstić information content (AvgIpc) is 2.81. The van der Waals surface area contributed by atoms with Crippen molar-refractivity contribution < 1.29 is 23.8 Å². The van der Waals surface area contributed by atoms with Crippen molar-refractivity contribution in [3.05, 3.63) is 35.9 Å². The number of ether oxygens (including phenoxy) is 2. The molecule has 1 aliphatic heterocycles. The summed E-state index contributed by atoms with van der Waals surface area (Å²) in [5, 5.41) is 14.0. The highest BCUT2D eigenvalue weighted by Crippen LogP contribution is 2.39. The number of rotatable bonds is 3. The van der Waals surface area contributed by atoms with Crippen LogP contribution in [0.5, 0.6) is 5.88 Å². The fourth-order valence-electron chi connectivity index (χ4n) is 3.83. The summed E-state index contributed by atoms with van der Waals surface area (Å²) in [5.41, 5.74) is 8.58. The van der Waals surface area contributed by atoms with Crippen LogP contribution in [0.15, 0.2) is 24.5 Å². The highest BCUT2D eigenvalue weighted by Gasteiger charge is 2.23. The number of aliphatic hydroxyl groups is 1. The molecule has 3 aromatic rings. The highest BCUT2D eigenvalue weighted by atomic mass is 19.1. The van der Waals surface area contributed by atoms with E-state index < -0.39 is 11.9 Å². The van der Waals surface area contributed by atoms with Gasteiger partial charge in [0.05, 0.1) is 5.69 Å². The van der Waals surface area contributed by atoms with Crippen molar-refractivity contribution in [1.29, 1.82) is 0 Å². The Balaban J connectivity index is 0.00000126. The first-order valence-electron chi connectivity index (χ1n) is 10.7. The number of hydrogen-bond donors (Lipinski definition) is 4. The van der Waals surface area contributed by atoms with Crippen LogP contribution in [0.25, 0.3) is 21.9 Å². The van der Waals surface area contributed by atoms with E-state index in [2.05, 4.69) is 20.6 Å². The quantitative estimate of drug-likeness (QED) is 0.438. The van der Waals surface area contributed by atoms with Crippen LogP contribution < -0.4 is 21.1 Å². The summed E-state index contributed by atoms with van der Waals surface area (Å²) in [7, 11) is 1.00. The molecule has 3 heterocycles. The molecule has 0 unspecified atom stereocenters. The summed E-state index contributed by atoms with van der Waals surface area (Å²) in [6.45, 7) is 3.06. The Labute approximate surface area is 190 Å². The van der Waals surface area contributed by atoms with Gasteiger partial charge in [0.2, 0.25) is 5.88 Å². The number of aromatic nitrogens is 2. The molecule has 1 aliphatic carbocycles. The van der Waals surface area contributed by atoms with Crippen LogP contribution in [0.1, 0.15) is 24.8 Å². The van der Waals surface area contributed by atoms with Crippen molar-refractivity contribution in [2.75, 3.05) is 36.6 Å². The Bertz CT molecular complexity index is 1200. The first-order chi connectivity index (χ1) is 16.0. The number of amides is 1. The molecule has 0 radical (unpaired) electrons. The van der Waals surface area contributed by atoms with E-state index in [9.17, 15) is 4.79 Å². The van der Waals surface area contributed by atoms with Crippen LogP contribution in [0, 0.1) is 12.7 Å². The van der Waals surface area contributed by atoms with Crippen molar-refractivity contribution >= 4 is 34.1 Å². The molecule has 5 rings (SSSR count). The van der Waals surface area contributed by atoms with Crippen molar-refractivity contribution in [3.63, 3.8) is 0 Å². The molecule has 33 heavy (non-hydrogen) atoms. The Hall–Kier alpha value is -3.66. The van der Waals surface area contributed by atoms with Gasteiger partial charge in [-0.25, -0.2) is 19.2 Å². The normalized spacial score (nSPS) is 14.7. The van der Waals surface area contributed by atoms with Crippen LogP contribution in [0.3, 0.4) is 0 Å². The summed E-state index contributed by atoms with van der Waals surface area (Å²) in [4.78, 5) is 20.6. The number of aliphatic hydroxyl groups excluding tert-OH is 1. The predicted octanol–water partition coefficient (Wildman–Crippen LogP) is 3.84. The minimum absolute atomic E-state index is 0.00933. The molecule has 0 spiro atoms. The Morgan fingerprint density at radius 2 is 2.06 bits per heavy atom. The van der Waals surface area contributed by atoms with E-state index in [-0.39, 0.29) is 11.8 Å². The van der Waals surface area contributed by atoms with Crippen molar-refractivity contribution in [3.8, 4) is 17.0 Å². The van der Waals surface area contributed by atoms with E-state index >= 15 is 4.39 Å². The SMILES string of the molecule is CO.Cc1c(-c2cc3cc(NC(=O)OC4CCC4)ncc3c(N)c2F)cnc2c1NCCO2. The minimum Gasteiger partial charge on any atom is -0.474 e. The standard InChI is InChI=1S/C22H22FN5O3.CH4O/c1-11-15(9-27-21-20(11)25-5-6-30-21)14-7-12-8-17(26-10-16(12)19(24)18(14)23)28-22(29)31-13-3-2-4-13;1-2/h7-10,13,25H,2-6,24H2,1H3,(H,26,28,29);2H,1H3. The lowest BCUT2D eigenvalue weighted by molar-refractivity contribution is 0.0623. The molecule has 0 saturated heterocycles. The van der Waals surface area contributed by atoms with E-state index in [0.717, 1.165) is 37.6 Å². The summed E-state index contributed by atoms with van der Waals surface area (Å²) < 4.78 is 26.1. The minimum atomic E-state index is -0.548. The molecule has 0 atom stereocenters. The summed E-state index contributed by atoms with van der Waals surface area (Å²) in [5.74, 6) is 0.271. The number of nitrogens with one attached hydrogen (secondary N) is 2. The first-order valence-corrected chi connectivity index (χ1v) is 10.7. The first kappa shape index (κ1) is 22.5. The number of hydrogen-bond acceptors (Lipinski definition) is 8. The number of pyridine rings is 2. The van der Waals surface area contributed by atoms with Crippen LogP contribution in [0.4, 0.5) is 26.4 Å². The molecule has 1 saturated carbocycles. The van der Waals surface area contributed by atoms with E-state index in [1.165, 1.54) is 6.20 Å². The van der Waals surface area contributed by atoms with Gasteiger partial charge in [0, 0.05) is 42.6 Å². The number of halogens is 1. The lowest BCUT2D eigenvalue weighted by Crippen LogP contribution is -2.27. The van der Waals surface area contributed by atoms with Gasteiger partial charge in [0.1, 0.15) is 24.2 Å². The van der Waals surface area contributed by atoms with E-state index in [1.54, 1.807) is 18.3 Å². The fourth-order valence-corrected chi connectivity index (χ4v) is 3.83. The molecular weight excluding hydrogens is 429 g/mol. The number of nitrogens with two attached hydrogens (primary N) is 1. The fraction of sp³-hybridized carbons (Fsp3) is 0.348. The highest BCUT2D eigenvalue weighted by molar-refractivity contribution is 5.99. The van der Waals surface area contributed by atoms with Crippen LogP contribution in [0.2, 0.25) is 0 Å². The van der Waals surface area contributed by atoms with E-state index in [1.807, 2.05) is 6.92 Å². The van der Waals surface area contributed by atoms with Crippen molar-refractivity contribution in [1.82, 2.24) is 9.97 Å². The maximum atomic E-state index is 15.2. The largest absolute Gasteiger partial charge is 0.474 e. The van der Waals surface area contributed by atoms with Gasteiger partial charge in [-0.3, -0.25) is 5.32 Å². The molecule has 9 nitrogen and oxygen atoms in total. The summed E-state index contributed by atoms with van der Waals surface area (Å²) >= 11 is 0. The third kappa shape index (κ3) is 4.34. The third-order valence-corrected chi connectivity index (χ3v) is 5.79. The molecule has 1 amide bonds. The molecule has 0 bridgehead atoms. The molecule has 2 aliphatic rings. The number of nitrogen functional groups attached to an aromatic ring is 1. The number of carbonyl (C=O) groups is 1. The van der Waals surface area contributed by atoms with Gasteiger partial charge in [-0.1, -0.05) is 0 Å². The van der Waals surface area contributed by atoms with Gasteiger partial charge in [-0.2, -0.15) is 0 Å². The van der Waals surface area contributed by atoms with E-state index in [4.69, 9.17) is 20.3 Å². The van der Waals surface area contributed by atoms with Gasteiger partial charge in [-0.05, 0) is 49.3 Å². The number of nitrogens with zero attached hydrogens (tertiary/aromatic N) is 2. The third-order valence-electron chi connectivity index (χ3n) is 5.79. The zero-order valence-corrected chi connectivity index (χ0v) is 18.4. The van der Waals surface area contributed by atoms with Crippen LogP contribution in [-0.2, 0) is 4.74 Å².